The van der Waals surface area contributed by atoms with Crippen molar-refractivity contribution < 1.29 is 19.4 Å². The number of Topliss-reactive ketones (excluding diaryl/α,β-unsaturated/α-hetero) is 1. The number of nitrogens with zero attached hydrogens (tertiary/aromatic N) is 2. The highest BCUT2D eigenvalue weighted by Crippen LogP contribution is 2.24. The van der Waals surface area contributed by atoms with Crippen molar-refractivity contribution in [2.24, 2.45) is 0 Å². The van der Waals surface area contributed by atoms with E-state index in [1.54, 1.807) is 23.1 Å². The van der Waals surface area contributed by atoms with Gasteiger partial charge in [-0.15, -0.1) is 0 Å². The van der Waals surface area contributed by atoms with E-state index in [0.29, 0.717) is 18.9 Å². The minimum Gasteiger partial charge on any atom is -0.478 e. The molecule has 0 spiro atoms. The Hall–Kier alpha value is -3.12. The maximum atomic E-state index is 11.8. The predicted octanol–water partition coefficient (Wildman–Crippen LogP) is 3.29. The quantitative estimate of drug-likeness (QED) is 0.795. The Morgan fingerprint density at radius 1 is 1.14 bits per heavy atom. The van der Waals surface area contributed by atoms with Gasteiger partial charge < -0.3 is 19.6 Å². The molecular weight excluding hydrogens is 356 g/mol. The molecule has 0 aromatic heterocycles. The van der Waals surface area contributed by atoms with Gasteiger partial charge in [0.15, 0.2) is 0 Å². The number of carboxylic acid groups (broad SMARTS) is 1. The summed E-state index contributed by atoms with van der Waals surface area (Å²) in [6, 6.07) is 14.7. The number of carbonyl (C=O) groups excluding carboxylic acids is 1. The van der Waals surface area contributed by atoms with Gasteiger partial charge >= 0.3 is 5.97 Å². The Morgan fingerprint density at radius 3 is 2.61 bits per heavy atom. The Bertz CT molecular complexity index is 872. The molecule has 1 saturated heterocycles. The third-order valence-electron chi connectivity index (χ3n) is 4.54. The fourth-order valence-corrected chi connectivity index (χ4v) is 3.18. The number of ether oxygens (including phenoxy) is 1. The summed E-state index contributed by atoms with van der Waals surface area (Å²) in [6.45, 7) is 4.77. The van der Waals surface area contributed by atoms with E-state index in [1.165, 1.54) is 13.0 Å². The Balaban J connectivity index is 1.89. The fourth-order valence-electron chi connectivity index (χ4n) is 3.18. The summed E-state index contributed by atoms with van der Waals surface area (Å²) in [5, 5.41) is 9.24. The van der Waals surface area contributed by atoms with Crippen LogP contribution in [-0.2, 0) is 9.53 Å². The molecule has 146 valence electrons. The SMILES string of the molecule is CC(=O)CN(C=Cc1ccccc1N1CCOCC1)c1cccc(C(=O)O)c1. The fraction of sp³-hybridized carbons (Fsp3) is 0.273. The first-order chi connectivity index (χ1) is 13.5. The second kappa shape index (κ2) is 9.19. The molecule has 0 radical (unpaired) electrons. The normalized spacial score (nSPS) is 14.2. The third kappa shape index (κ3) is 4.98. The van der Waals surface area contributed by atoms with Crippen LogP contribution in [0.5, 0.6) is 0 Å². The lowest BCUT2D eigenvalue weighted by molar-refractivity contribution is -0.115. The first-order valence-electron chi connectivity index (χ1n) is 9.24. The molecule has 0 atom stereocenters. The Labute approximate surface area is 164 Å². The van der Waals surface area contributed by atoms with Crippen molar-refractivity contribution in [2.75, 3.05) is 42.6 Å². The van der Waals surface area contributed by atoms with Crippen LogP contribution in [0.15, 0.2) is 54.7 Å². The third-order valence-corrected chi connectivity index (χ3v) is 4.54. The zero-order valence-corrected chi connectivity index (χ0v) is 15.9. The van der Waals surface area contributed by atoms with Crippen LogP contribution >= 0.6 is 0 Å². The molecule has 0 amide bonds. The van der Waals surface area contributed by atoms with E-state index in [1.807, 2.05) is 30.5 Å². The van der Waals surface area contributed by atoms with Crippen molar-refractivity contribution in [3.8, 4) is 0 Å². The molecule has 0 unspecified atom stereocenters. The molecule has 28 heavy (non-hydrogen) atoms. The van der Waals surface area contributed by atoms with Crippen LogP contribution in [-0.4, -0.2) is 49.7 Å². The first-order valence-corrected chi connectivity index (χ1v) is 9.24. The molecule has 3 rings (SSSR count). The highest BCUT2D eigenvalue weighted by atomic mass is 16.5. The highest BCUT2D eigenvalue weighted by Gasteiger charge is 2.14. The smallest absolute Gasteiger partial charge is 0.335 e. The van der Waals surface area contributed by atoms with E-state index in [0.717, 1.165) is 24.3 Å². The number of para-hydroxylation sites is 1. The van der Waals surface area contributed by atoms with Crippen molar-refractivity contribution in [1.82, 2.24) is 0 Å². The number of carboxylic acids is 1. The predicted molar refractivity (Wildman–Crippen MR) is 110 cm³/mol. The van der Waals surface area contributed by atoms with E-state index in [2.05, 4.69) is 11.0 Å². The van der Waals surface area contributed by atoms with Gasteiger partial charge in [-0.05, 0) is 42.8 Å². The molecule has 1 fully saturated rings. The van der Waals surface area contributed by atoms with Gasteiger partial charge in [0.05, 0.1) is 25.3 Å². The second-order valence-corrected chi connectivity index (χ2v) is 6.66. The van der Waals surface area contributed by atoms with Crippen molar-refractivity contribution in [1.29, 1.82) is 0 Å². The van der Waals surface area contributed by atoms with Gasteiger partial charge in [-0.2, -0.15) is 0 Å². The lowest BCUT2D eigenvalue weighted by Crippen LogP contribution is -2.36. The van der Waals surface area contributed by atoms with E-state index in [9.17, 15) is 14.7 Å². The van der Waals surface area contributed by atoms with Crippen molar-refractivity contribution in [3.05, 3.63) is 65.9 Å². The molecule has 1 aliphatic rings. The summed E-state index contributed by atoms with van der Waals surface area (Å²) < 4.78 is 5.44. The van der Waals surface area contributed by atoms with E-state index >= 15 is 0 Å². The van der Waals surface area contributed by atoms with Crippen molar-refractivity contribution in [2.45, 2.75) is 6.92 Å². The number of hydrogen-bond acceptors (Lipinski definition) is 5. The number of rotatable bonds is 7. The van der Waals surface area contributed by atoms with Gasteiger partial charge in [-0.3, -0.25) is 4.79 Å². The summed E-state index contributed by atoms with van der Waals surface area (Å²) in [7, 11) is 0. The molecule has 0 aliphatic carbocycles. The van der Waals surface area contributed by atoms with Crippen LogP contribution < -0.4 is 9.80 Å². The lowest BCUT2D eigenvalue weighted by atomic mass is 10.1. The number of hydrogen-bond donors (Lipinski definition) is 1. The molecule has 2 aromatic carbocycles. The zero-order chi connectivity index (χ0) is 19.9. The van der Waals surface area contributed by atoms with Crippen molar-refractivity contribution in [3.63, 3.8) is 0 Å². The van der Waals surface area contributed by atoms with Gasteiger partial charge in [0.2, 0.25) is 0 Å². The molecule has 6 nitrogen and oxygen atoms in total. The Morgan fingerprint density at radius 2 is 1.89 bits per heavy atom. The summed E-state index contributed by atoms with van der Waals surface area (Å²) in [5.41, 5.74) is 3.00. The molecule has 0 bridgehead atoms. The maximum absolute atomic E-state index is 11.8. The van der Waals surface area contributed by atoms with E-state index in [-0.39, 0.29) is 17.9 Å². The van der Waals surface area contributed by atoms with Crippen LogP contribution in [0.4, 0.5) is 11.4 Å². The summed E-state index contributed by atoms with van der Waals surface area (Å²) >= 11 is 0. The maximum Gasteiger partial charge on any atom is 0.335 e. The van der Waals surface area contributed by atoms with Gasteiger partial charge in [-0.25, -0.2) is 4.79 Å². The average Bonchev–Trinajstić information content (AvgIpc) is 2.72. The molecule has 1 heterocycles. The molecular formula is C22H24N2O4. The van der Waals surface area contributed by atoms with Crippen LogP contribution in [0.1, 0.15) is 22.8 Å². The van der Waals surface area contributed by atoms with Gasteiger partial charge in [0.25, 0.3) is 0 Å². The standard InChI is InChI=1S/C22H24N2O4/c1-17(25)16-24(20-7-4-6-19(15-20)22(26)27)10-9-18-5-2-3-8-21(18)23-11-13-28-14-12-23/h2-10,15H,11-14,16H2,1H3,(H,26,27). The molecule has 0 saturated carbocycles. The van der Waals surface area contributed by atoms with E-state index < -0.39 is 5.97 Å². The number of aromatic carboxylic acids is 1. The molecule has 2 aromatic rings. The molecule has 1 aliphatic heterocycles. The minimum absolute atomic E-state index is 0.00755. The lowest BCUT2D eigenvalue weighted by Gasteiger charge is -2.30. The van der Waals surface area contributed by atoms with Crippen LogP contribution in [0.2, 0.25) is 0 Å². The topological polar surface area (TPSA) is 70.1 Å². The van der Waals surface area contributed by atoms with Crippen LogP contribution in [0.3, 0.4) is 0 Å². The molecule has 6 heteroatoms. The first kappa shape index (κ1) is 19.6. The number of morpholine rings is 1. The largest absolute Gasteiger partial charge is 0.478 e. The van der Waals surface area contributed by atoms with Gasteiger partial charge in [0.1, 0.15) is 5.78 Å². The molecule has 1 N–H and O–H groups in total. The van der Waals surface area contributed by atoms with Crippen LogP contribution in [0.25, 0.3) is 6.08 Å². The summed E-state index contributed by atoms with van der Waals surface area (Å²) in [4.78, 5) is 27.1. The number of benzene rings is 2. The van der Waals surface area contributed by atoms with E-state index in [4.69, 9.17) is 4.74 Å². The Kier molecular flexibility index (Phi) is 6.45. The van der Waals surface area contributed by atoms with Gasteiger partial charge in [-0.1, -0.05) is 24.3 Å². The monoisotopic (exact) mass is 380 g/mol. The second-order valence-electron chi connectivity index (χ2n) is 6.66. The summed E-state index contributed by atoms with van der Waals surface area (Å²) in [5.74, 6) is -1.00. The average molecular weight is 380 g/mol. The summed E-state index contributed by atoms with van der Waals surface area (Å²) in [6.07, 6.45) is 3.79. The zero-order valence-electron chi connectivity index (χ0n) is 15.9. The number of anilines is 2. The highest BCUT2D eigenvalue weighted by molar-refractivity contribution is 5.89. The van der Waals surface area contributed by atoms with Gasteiger partial charge in [0, 0.05) is 30.7 Å². The van der Waals surface area contributed by atoms with Crippen LogP contribution in [0, 0.1) is 0 Å². The number of carbonyl (C=O) groups is 2. The van der Waals surface area contributed by atoms with Crippen molar-refractivity contribution >= 4 is 29.2 Å². The number of ketones is 1. The minimum atomic E-state index is -0.994.